The number of hydrogen-bond donors (Lipinski definition) is 2. The highest BCUT2D eigenvalue weighted by molar-refractivity contribution is 7.80. The van der Waals surface area contributed by atoms with E-state index in [9.17, 15) is 9.90 Å². The van der Waals surface area contributed by atoms with Gasteiger partial charge < -0.3 is 10.0 Å². The number of para-hydroxylation sites is 1. The van der Waals surface area contributed by atoms with Crippen LogP contribution >= 0.6 is 12.2 Å². The molecule has 0 atom stereocenters. The fourth-order valence-electron chi connectivity index (χ4n) is 2.53. The van der Waals surface area contributed by atoms with E-state index < -0.39 is 11.6 Å². The summed E-state index contributed by atoms with van der Waals surface area (Å²) in [6.07, 6.45) is 4.32. The molecule has 0 radical (unpaired) electrons. The van der Waals surface area contributed by atoms with Gasteiger partial charge in [0.05, 0.1) is 11.6 Å². The Balaban J connectivity index is 2.94. The highest BCUT2D eigenvalue weighted by atomic mass is 32.1. The Labute approximate surface area is 168 Å². The second-order valence-corrected chi connectivity index (χ2v) is 7.68. The van der Waals surface area contributed by atoms with Crippen molar-refractivity contribution in [1.82, 2.24) is 10.2 Å². The summed E-state index contributed by atoms with van der Waals surface area (Å²) in [5.41, 5.74) is -0.494. The van der Waals surface area contributed by atoms with Crippen LogP contribution in [0, 0.1) is 0 Å². The molecule has 0 unspecified atom stereocenters. The van der Waals surface area contributed by atoms with Gasteiger partial charge in [-0.15, -0.1) is 0 Å². The minimum atomic E-state index is -0.681. The number of phenolic OH excluding ortho intramolecular Hbond substituents is 1. The van der Waals surface area contributed by atoms with E-state index in [1.807, 2.05) is 32.6 Å². The molecule has 0 aliphatic carbocycles. The quantitative estimate of drug-likeness (QED) is 0.356. The molecular weight excluding hydrogens is 360 g/mol. The van der Waals surface area contributed by atoms with E-state index in [0.717, 1.165) is 25.7 Å². The number of amides is 1. The molecule has 0 spiro atoms. The Bertz CT molecular complexity index is 659. The first-order valence-electron chi connectivity index (χ1n) is 9.52. The third-order valence-electron chi connectivity index (χ3n) is 4.04. The molecule has 0 fully saturated rings. The highest BCUT2D eigenvalue weighted by Crippen LogP contribution is 2.20. The Morgan fingerprint density at radius 1 is 1.26 bits per heavy atom. The number of nitrogens with zero attached hydrogens (tertiary/aromatic N) is 3. The summed E-state index contributed by atoms with van der Waals surface area (Å²) in [6.45, 7) is 10.6. The van der Waals surface area contributed by atoms with Crippen LogP contribution in [0.15, 0.2) is 34.5 Å². The molecule has 1 rings (SSSR count). The Kier molecular flexibility index (Phi) is 9.35. The summed E-state index contributed by atoms with van der Waals surface area (Å²) in [5.74, 6) is -0.515. The number of carbonyl (C=O) groups excluding carboxylic acids is 1. The van der Waals surface area contributed by atoms with Crippen LogP contribution < -0.4 is 5.32 Å². The SMILES string of the molecule is CCCCCCN(C(=S)NC(=O)c1ccccc1O)C(C)(C)N=NC(C)C. The molecule has 7 heteroatoms. The number of unbranched alkanes of at least 4 members (excludes halogenated alkanes) is 3. The van der Waals surface area contributed by atoms with Gasteiger partial charge in [-0.1, -0.05) is 38.3 Å². The molecule has 0 bridgehead atoms. The summed E-state index contributed by atoms with van der Waals surface area (Å²) < 4.78 is 0. The lowest BCUT2D eigenvalue weighted by Gasteiger charge is -2.36. The Morgan fingerprint density at radius 2 is 1.93 bits per heavy atom. The van der Waals surface area contributed by atoms with E-state index in [0.29, 0.717) is 6.54 Å². The van der Waals surface area contributed by atoms with Crippen molar-refractivity contribution in [3.05, 3.63) is 29.8 Å². The van der Waals surface area contributed by atoms with Crippen LogP contribution in [-0.4, -0.2) is 39.3 Å². The first kappa shape index (κ1) is 23.0. The zero-order chi connectivity index (χ0) is 20.4. The van der Waals surface area contributed by atoms with E-state index in [1.165, 1.54) is 6.07 Å². The molecule has 0 heterocycles. The smallest absolute Gasteiger partial charge is 0.261 e. The summed E-state index contributed by atoms with van der Waals surface area (Å²) in [4.78, 5) is 14.4. The van der Waals surface area contributed by atoms with Crippen molar-refractivity contribution in [3.8, 4) is 5.75 Å². The molecule has 0 saturated heterocycles. The van der Waals surface area contributed by atoms with E-state index in [4.69, 9.17) is 12.2 Å². The molecule has 150 valence electrons. The number of phenols is 1. The number of rotatable bonds is 9. The molecule has 0 aliphatic rings. The topological polar surface area (TPSA) is 77.3 Å². The molecule has 1 aromatic rings. The average molecular weight is 393 g/mol. The predicted octanol–water partition coefficient (Wildman–Crippen LogP) is 4.89. The molecule has 0 aromatic heterocycles. The number of thiocarbonyl (C=S) groups is 1. The van der Waals surface area contributed by atoms with Crippen molar-refractivity contribution < 1.29 is 9.90 Å². The van der Waals surface area contributed by atoms with Crippen molar-refractivity contribution >= 4 is 23.2 Å². The van der Waals surface area contributed by atoms with Crippen LogP contribution in [0.25, 0.3) is 0 Å². The van der Waals surface area contributed by atoms with Crippen LogP contribution in [0.4, 0.5) is 0 Å². The zero-order valence-electron chi connectivity index (χ0n) is 17.0. The summed E-state index contributed by atoms with van der Waals surface area (Å²) in [7, 11) is 0. The normalized spacial score (nSPS) is 11.8. The first-order chi connectivity index (χ1) is 12.7. The first-order valence-corrected chi connectivity index (χ1v) is 9.92. The number of nitrogens with one attached hydrogen (secondary N) is 1. The lowest BCUT2D eigenvalue weighted by molar-refractivity contribution is 0.0965. The maximum atomic E-state index is 12.5. The van der Waals surface area contributed by atoms with Crippen molar-refractivity contribution in [2.75, 3.05) is 6.54 Å². The van der Waals surface area contributed by atoms with Crippen molar-refractivity contribution in [2.45, 2.75) is 72.0 Å². The third kappa shape index (κ3) is 7.62. The highest BCUT2D eigenvalue weighted by Gasteiger charge is 2.29. The van der Waals surface area contributed by atoms with Crippen LogP contribution in [0.5, 0.6) is 5.75 Å². The summed E-state index contributed by atoms with van der Waals surface area (Å²) >= 11 is 5.51. The van der Waals surface area contributed by atoms with Gasteiger partial charge in [0.15, 0.2) is 5.11 Å². The van der Waals surface area contributed by atoms with Gasteiger partial charge >= 0.3 is 0 Å². The standard InChI is InChI=1S/C20H32N4O2S/c1-6-7-8-11-14-24(20(4,5)23-22-15(2)3)19(27)21-18(26)16-12-9-10-13-17(16)25/h9-10,12-13,15,25H,6-8,11,14H2,1-5H3,(H,21,26,27). The molecule has 1 aromatic carbocycles. The number of benzene rings is 1. The fourth-order valence-corrected chi connectivity index (χ4v) is 2.94. The molecule has 2 N–H and O–H groups in total. The van der Waals surface area contributed by atoms with E-state index in [1.54, 1.807) is 18.2 Å². The largest absolute Gasteiger partial charge is 0.507 e. The average Bonchev–Trinajstić information content (AvgIpc) is 2.60. The van der Waals surface area contributed by atoms with Crippen molar-refractivity contribution in [2.24, 2.45) is 10.2 Å². The summed E-state index contributed by atoms with van der Waals surface area (Å²) in [6, 6.07) is 6.47. The van der Waals surface area contributed by atoms with Gasteiger partial charge in [0, 0.05) is 6.54 Å². The van der Waals surface area contributed by atoms with Crippen LogP contribution in [0.2, 0.25) is 0 Å². The number of carbonyl (C=O) groups is 1. The second-order valence-electron chi connectivity index (χ2n) is 7.29. The van der Waals surface area contributed by atoms with Crippen LogP contribution in [0.3, 0.4) is 0 Å². The van der Waals surface area contributed by atoms with Crippen molar-refractivity contribution in [3.63, 3.8) is 0 Å². The third-order valence-corrected chi connectivity index (χ3v) is 4.37. The number of hydrogen-bond acceptors (Lipinski definition) is 5. The van der Waals surface area contributed by atoms with Crippen LogP contribution in [-0.2, 0) is 0 Å². The minimum Gasteiger partial charge on any atom is -0.507 e. The lowest BCUT2D eigenvalue weighted by Crippen LogP contribution is -2.52. The summed E-state index contributed by atoms with van der Waals surface area (Å²) in [5, 5.41) is 21.6. The van der Waals surface area contributed by atoms with Gasteiger partial charge in [-0.3, -0.25) is 10.1 Å². The maximum Gasteiger partial charge on any atom is 0.261 e. The van der Waals surface area contributed by atoms with Crippen molar-refractivity contribution in [1.29, 1.82) is 0 Å². The molecule has 0 aliphatic heterocycles. The van der Waals surface area contributed by atoms with Crippen LogP contribution in [0.1, 0.15) is 70.7 Å². The monoisotopic (exact) mass is 392 g/mol. The van der Waals surface area contributed by atoms with Gasteiger partial charge in [0.2, 0.25) is 0 Å². The van der Waals surface area contributed by atoms with Gasteiger partial charge in [-0.05, 0) is 58.5 Å². The van der Waals surface area contributed by atoms with Gasteiger partial charge in [0.25, 0.3) is 5.91 Å². The molecule has 1 amide bonds. The molecular formula is C20H32N4O2S. The van der Waals surface area contributed by atoms with Gasteiger partial charge in [-0.2, -0.15) is 10.2 Å². The van der Waals surface area contributed by atoms with E-state index in [-0.39, 0.29) is 22.5 Å². The molecule has 6 nitrogen and oxygen atoms in total. The Hall–Kier alpha value is -2.02. The zero-order valence-corrected chi connectivity index (χ0v) is 17.8. The maximum absolute atomic E-state index is 12.5. The van der Waals surface area contributed by atoms with Gasteiger partial charge in [-0.25, -0.2) is 0 Å². The predicted molar refractivity (Wildman–Crippen MR) is 113 cm³/mol. The molecule has 27 heavy (non-hydrogen) atoms. The lowest BCUT2D eigenvalue weighted by atomic mass is 10.1. The second kappa shape index (κ2) is 11.0. The van der Waals surface area contributed by atoms with Gasteiger partial charge in [0.1, 0.15) is 11.4 Å². The Morgan fingerprint density at radius 3 is 2.52 bits per heavy atom. The van der Waals surface area contributed by atoms with E-state index in [2.05, 4.69) is 22.5 Å². The van der Waals surface area contributed by atoms with E-state index >= 15 is 0 Å². The molecule has 0 saturated carbocycles. The fraction of sp³-hybridized carbons (Fsp3) is 0.600. The minimum absolute atomic E-state index is 0.0777. The number of aromatic hydroxyl groups is 1. The number of azo groups is 1.